The first-order chi connectivity index (χ1) is 9.36. The molecular weight excluding hydrogens is 303 g/mol. The van der Waals surface area contributed by atoms with E-state index in [0.29, 0.717) is 25.9 Å². The van der Waals surface area contributed by atoms with Crippen molar-refractivity contribution in [3.05, 3.63) is 28.8 Å². The van der Waals surface area contributed by atoms with Gasteiger partial charge in [-0.1, -0.05) is 23.4 Å². The summed E-state index contributed by atoms with van der Waals surface area (Å²) in [5.74, 6) is 5.30. The summed E-state index contributed by atoms with van der Waals surface area (Å²) in [6.07, 6.45) is 3.81. The third-order valence-corrected chi connectivity index (χ3v) is 4.66. The third-order valence-electron chi connectivity index (χ3n) is 3.15. The summed E-state index contributed by atoms with van der Waals surface area (Å²) in [5.41, 5.74) is 0.208. The number of hydrogen-bond acceptors (Lipinski definition) is 3. The quantitative estimate of drug-likeness (QED) is 0.587. The first-order valence-electron chi connectivity index (χ1n) is 6.14. The van der Waals surface area contributed by atoms with Crippen molar-refractivity contribution in [2.75, 3.05) is 19.3 Å². The molecule has 1 saturated heterocycles. The Bertz CT molecular complexity index is 659. The van der Waals surface area contributed by atoms with Gasteiger partial charge in [-0.25, -0.2) is 22.1 Å². The largest absolute Gasteiger partial charge is 0.243 e. The SMILES string of the molecule is CS(=O)(=O)N1CCC(C#Cc2cnc(Cl)cc2F)CC1. The van der Waals surface area contributed by atoms with E-state index in [2.05, 4.69) is 16.8 Å². The second-order valence-corrected chi connectivity index (χ2v) is 7.06. The number of sulfonamides is 1. The fourth-order valence-electron chi connectivity index (χ4n) is 2.01. The van der Waals surface area contributed by atoms with Gasteiger partial charge in [0.1, 0.15) is 11.0 Å². The molecule has 4 nitrogen and oxygen atoms in total. The van der Waals surface area contributed by atoms with Gasteiger partial charge in [0, 0.05) is 31.3 Å². The zero-order chi connectivity index (χ0) is 14.8. The summed E-state index contributed by atoms with van der Waals surface area (Å²) >= 11 is 5.56. The highest BCUT2D eigenvalue weighted by atomic mass is 35.5. The fourth-order valence-corrected chi connectivity index (χ4v) is 3.03. The second kappa shape index (κ2) is 6.08. The topological polar surface area (TPSA) is 50.3 Å². The van der Waals surface area contributed by atoms with E-state index in [4.69, 9.17) is 11.6 Å². The van der Waals surface area contributed by atoms with Crippen LogP contribution in [0.2, 0.25) is 5.15 Å². The number of nitrogens with zero attached hydrogens (tertiary/aromatic N) is 2. The predicted molar refractivity (Wildman–Crippen MR) is 75.2 cm³/mol. The van der Waals surface area contributed by atoms with Gasteiger partial charge in [0.15, 0.2) is 0 Å². The standard InChI is InChI=1S/C13H14ClFN2O2S/c1-20(18,19)17-6-4-10(5-7-17)2-3-11-9-16-13(14)8-12(11)15/h8-10H,4-7H2,1H3. The first-order valence-corrected chi connectivity index (χ1v) is 8.36. The molecule has 1 aromatic heterocycles. The Kier molecular flexibility index (Phi) is 4.63. The number of halogens is 2. The Morgan fingerprint density at radius 2 is 2.10 bits per heavy atom. The van der Waals surface area contributed by atoms with Crippen LogP contribution >= 0.6 is 11.6 Å². The van der Waals surface area contributed by atoms with Crippen LogP contribution in [0.1, 0.15) is 18.4 Å². The maximum atomic E-state index is 13.5. The molecule has 1 aliphatic rings. The summed E-state index contributed by atoms with van der Waals surface area (Å²) in [6, 6.07) is 1.12. The van der Waals surface area contributed by atoms with Crippen molar-refractivity contribution in [3.63, 3.8) is 0 Å². The van der Waals surface area contributed by atoms with Crippen LogP contribution in [0.5, 0.6) is 0 Å². The predicted octanol–water partition coefficient (Wildman–Crippen LogP) is 1.90. The van der Waals surface area contributed by atoms with Crippen LogP contribution in [0.25, 0.3) is 0 Å². The van der Waals surface area contributed by atoms with Crippen molar-refractivity contribution >= 4 is 21.6 Å². The van der Waals surface area contributed by atoms with Crippen molar-refractivity contribution < 1.29 is 12.8 Å². The first kappa shape index (κ1) is 15.2. The molecular formula is C13H14ClFN2O2S. The van der Waals surface area contributed by atoms with Crippen LogP contribution < -0.4 is 0 Å². The Morgan fingerprint density at radius 1 is 1.45 bits per heavy atom. The van der Waals surface area contributed by atoms with Gasteiger partial charge in [0.2, 0.25) is 10.0 Å². The Morgan fingerprint density at radius 3 is 2.65 bits per heavy atom. The molecule has 0 saturated carbocycles. The van der Waals surface area contributed by atoms with Crippen molar-refractivity contribution in [1.29, 1.82) is 0 Å². The van der Waals surface area contributed by atoms with E-state index in [9.17, 15) is 12.8 Å². The number of hydrogen-bond donors (Lipinski definition) is 0. The van der Waals surface area contributed by atoms with Crippen LogP contribution in [0.4, 0.5) is 4.39 Å². The molecule has 0 aromatic carbocycles. The molecule has 1 aliphatic heterocycles. The molecule has 0 unspecified atom stereocenters. The minimum absolute atomic E-state index is 0.0723. The van der Waals surface area contributed by atoms with Crippen molar-refractivity contribution in [2.45, 2.75) is 12.8 Å². The van der Waals surface area contributed by atoms with E-state index in [1.807, 2.05) is 0 Å². The average Bonchev–Trinajstić information content (AvgIpc) is 2.37. The van der Waals surface area contributed by atoms with Gasteiger partial charge in [0.05, 0.1) is 11.8 Å². The molecule has 20 heavy (non-hydrogen) atoms. The molecule has 0 aliphatic carbocycles. The summed E-state index contributed by atoms with van der Waals surface area (Å²) in [5, 5.41) is 0.0921. The van der Waals surface area contributed by atoms with Crippen LogP contribution in [0.15, 0.2) is 12.3 Å². The van der Waals surface area contributed by atoms with E-state index >= 15 is 0 Å². The molecule has 7 heteroatoms. The number of piperidine rings is 1. The van der Waals surface area contributed by atoms with Crippen LogP contribution in [0.3, 0.4) is 0 Å². The van der Waals surface area contributed by atoms with Crippen LogP contribution in [-0.4, -0.2) is 37.1 Å². The Labute approximate surface area is 123 Å². The van der Waals surface area contributed by atoms with Gasteiger partial charge in [-0.05, 0) is 12.8 Å². The van der Waals surface area contributed by atoms with E-state index < -0.39 is 15.8 Å². The summed E-state index contributed by atoms with van der Waals surface area (Å²) < 4.78 is 37.7. The Hall–Kier alpha value is -1.16. The molecule has 2 heterocycles. The zero-order valence-electron chi connectivity index (χ0n) is 10.9. The van der Waals surface area contributed by atoms with E-state index in [1.165, 1.54) is 16.8 Å². The van der Waals surface area contributed by atoms with E-state index in [-0.39, 0.29) is 16.6 Å². The van der Waals surface area contributed by atoms with Crippen molar-refractivity contribution in [3.8, 4) is 11.8 Å². The molecule has 0 amide bonds. The van der Waals surface area contributed by atoms with Crippen molar-refractivity contribution in [1.82, 2.24) is 9.29 Å². The maximum Gasteiger partial charge on any atom is 0.211 e. The van der Waals surface area contributed by atoms with E-state index in [0.717, 1.165) is 6.07 Å². The summed E-state index contributed by atoms with van der Waals surface area (Å²) in [4.78, 5) is 3.78. The lowest BCUT2D eigenvalue weighted by atomic mass is 9.98. The molecule has 1 aromatic rings. The Balaban J connectivity index is 2.01. The molecule has 0 bridgehead atoms. The highest BCUT2D eigenvalue weighted by molar-refractivity contribution is 7.88. The molecule has 0 atom stereocenters. The average molecular weight is 317 g/mol. The smallest absolute Gasteiger partial charge is 0.211 e. The lowest BCUT2D eigenvalue weighted by molar-refractivity contribution is 0.313. The summed E-state index contributed by atoms with van der Waals surface area (Å²) in [6.45, 7) is 0.916. The third kappa shape index (κ3) is 3.92. The van der Waals surface area contributed by atoms with Gasteiger partial charge < -0.3 is 0 Å². The molecule has 108 valence electrons. The lowest BCUT2D eigenvalue weighted by Crippen LogP contribution is -2.37. The van der Waals surface area contributed by atoms with E-state index in [1.54, 1.807) is 0 Å². The highest BCUT2D eigenvalue weighted by Crippen LogP contribution is 2.18. The number of pyridine rings is 1. The van der Waals surface area contributed by atoms with Crippen LogP contribution in [0, 0.1) is 23.6 Å². The fraction of sp³-hybridized carbons (Fsp3) is 0.462. The van der Waals surface area contributed by atoms with Crippen LogP contribution in [-0.2, 0) is 10.0 Å². The van der Waals surface area contributed by atoms with Gasteiger partial charge >= 0.3 is 0 Å². The lowest BCUT2D eigenvalue weighted by Gasteiger charge is -2.27. The van der Waals surface area contributed by atoms with Crippen molar-refractivity contribution in [2.24, 2.45) is 5.92 Å². The monoisotopic (exact) mass is 316 g/mol. The molecule has 0 spiro atoms. The highest BCUT2D eigenvalue weighted by Gasteiger charge is 2.23. The zero-order valence-corrected chi connectivity index (χ0v) is 12.5. The normalized spacial score (nSPS) is 17.6. The van der Waals surface area contributed by atoms with Gasteiger partial charge in [-0.15, -0.1) is 0 Å². The molecule has 2 rings (SSSR count). The minimum Gasteiger partial charge on any atom is -0.243 e. The minimum atomic E-state index is -3.13. The van der Waals surface area contributed by atoms with Gasteiger partial charge in [-0.3, -0.25) is 0 Å². The summed E-state index contributed by atoms with van der Waals surface area (Å²) in [7, 11) is -3.13. The second-order valence-electron chi connectivity index (χ2n) is 4.69. The number of aromatic nitrogens is 1. The molecule has 0 radical (unpaired) electrons. The maximum absolute atomic E-state index is 13.5. The molecule has 0 N–H and O–H groups in total. The number of rotatable bonds is 1. The van der Waals surface area contributed by atoms with Gasteiger partial charge in [-0.2, -0.15) is 0 Å². The van der Waals surface area contributed by atoms with Gasteiger partial charge in [0.25, 0.3) is 0 Å². The molecule has 1 fully saturated rings.